The number of carbonyl (C=O) groups is 1. The molecule has 0 unspecified atom stereocenters. The number of aryl methyl sites for hydroxylation is 1. The van der Waals surface area contributed by atoms with Gasteiger partial charge in [-0.15, -0.1) is 0 Å². The first-order chi connectivity index (χ1) is 15.1. The molecule has 0 aliphatic carbocycles. The van der Waals surface area contributed by atoms with Gasteiger partial charge in [-0.2, -0.15) is 5.10 Å². The third-order valence-electron chi connectivity index (χ3n) is 4.83. The molecule has 4 rings (SSSR count). The van der Waals surface area contributed by atoms with Crippen molar-refractivity contribution in [2.75, 3.05) is 12.4 Å². The van der Waals surface area contributed by atoms with E-state index in [-0.39, 0.29) is 6.61 Å². The summed E-state index contributed by atoms with van der Waals surface area (Å²) in [5.74, 6) is 0.765. The van der Waals surface area contributed by atoms with Crippen LogP contribution in [0.1, 0.15) is 11.1 Å². The number of para-hydroxylation sites is 1. The Balaban J connectivity index is 1.56. The SMILES string of the molecule is COc1ccc(-c2nn(-c3ccccc3)cc2COC(=O)Nc2ccc(C)cc2)cc1. The van der Waals surface area contributed by atoms with Crippen LogP contribution < -0.4 is 10.1 Å². The number of ether oxygens (including phenoxy) is 2. The lowest BCUT2D eigenvalue weighted by molar-refractivity contribution is 0.155. The minimum atomic E-state index is -0.517. The van der Waals surface area contributed by atoms with Gasteiger partial charge in [-0.1, -0.05) is 35.9 Å². The van der Waals surface area contributed by atoms with E-state index < -0.39 is 6.09 Å². The molecule has 0 atom stereocenters. The van der Waals surface area contributed by atoms with Crippen molar-refractivity contribution in [2.24, 2.45) is 0 Å². The van der Waals surface area contributed by atoms with Crippen LogP contribution in [0.25, 0.3) is 16.9 Å². The second-order valence-electron chi connectivity index (χ2n) is 7.08. The van der Waals surface area contributed by atoms with Crippen molar-refractivity contribution in [1.82, 2.24) is 9.78 Å². The summed E-state index contributed by atoms with van der Waals surface area (Å²) in [4.78, 5) is 12.3. The first kappa shape index (κ1) is 20.2. The fourth-order valence-electron chi connectivity index (χ4n) is 3.15. The molecule has 0 saturated heterocycles. The maximum absolute atomic E-state index is 12.3. The summed E-state index contributed by atoms with van der Waals surface area (Å²) < 4.78 is 12.5. The Labute approximate surface area is 181 Å². The maximum atomic E-state index is 12.3. The molecule has 1 heterocycles. The van der Waals surface area contributed by atoms with Gasteiger partial charge >= 0.3 is 6.09 Å². The smallest absolute Gasteiger partial charge is 0.411 e. The number of hydrogen-bond donors (Lipinski definition) is 1. The molecule has 0 spiro atoms. The van der Waals surface area contributed by atoms with E-state index in [0.717, 1.165) is 33.8 Å². The largest absolute Gasteiger partial charge is 0.497 e. The van der Waals surface area contributed by atoms with Gasteiger partial charge in [0, 0.05) is 23.0 Å². The lowest BCUT2D eigenvalue weighted by Crippen LogP contribution is -2.13. The summed E-state index contributed by atoms with van der Waals surface area (Å²) in [5, 5.41) is 7.49. The summed E-state index contributed by atoms with van der Waals surface area (Å²) in [5.41, 5.74) is 5.19. The van der Waals surface area contributed by atoms with E-state index in [1.54, 1.807) is 11.8 Å². The molecule has 1 aromatic heterocycles. The van der Waals surface area contributed by atoms with Gasteiger partial charge in [0.15, 0.2) is 0 Å². The lowest BCUT2D eigenvalue weighted by Gasteiger charge is -2.08. The second kappa shape index (κ2) is 9.17. The van der Waals surface area contributed by atoms with E-state index in [1.807, 2.05) is 92.0 Å². The average Bonchev–Trinajstić information content (AvgIpc) is 3.24. The number of anilines is 1. The molecule has 0 radical (unpaired) electrons. The summed E-state index contributed by atoms with van der Waals surface area (Å²) in [7, 11) is 1.63. The number of nitrogens with zero attached hydrogens (tertiary/aromatic N) is 2. The molecule has 0 aliphatic rings. The van der Waals surface area contributed by atoms with Crippen LogP contribution in [0.15, 0.2) is 85.1 Å². The second-order valence-corrected chi connectivity index (χ2v) is 7.08. The van der Waals surface area contributed by atoms with Gasteiger partial charge in [-0.25, -0.2) is 9.48 Å². The van der Waals surface area contributed by atoms with E-state index in [1.165, 1.54) is 0 Å². The van der Waals surface area contributed by atoms with Crippen LogP contribution >= 0.6 is 0 Å². The van der Waals surface area contributed by atoms with Crippen molar-refractivity contribution in [2.45, 2.75) is 13.5 Å². The van der Waals surface area contributed by atoms with Gasteiger partial charge in [-0.05, 0) is 55.5 Å². The molecular formula is C25H23N3O3. The van der Waals surface area contributed by atoms with Gasteiger partial charge < -0.3 is 9.47 Å². The number of methoxy groups -OCH3 is 1. The zero-order chi connectivity index (χ0) is 21.6. The zero-order valence-corrected chi connectivity index (χ0v) is 17.4. The molecule has 0 aliphatic heterocycles. The van der Waals surface area contributed by atoms with Crippen LogP contribution in [0.4, 0.5) is 10.5 Å². The molecule has 6 heteroatoms. The fraction of sp³-hybridized carbons (Fsp3) is 0.120. The quantitative estimate of drug-likeness (QED) is 0.446. The Bertz CT molecular complexity index is 1150. The maximum Gasteiger partial charge on any atom is 0.411 e. The monoisotopic (exact) mass is 413 g/mol. The highest BCUT2D eigenvalue weighted by Crippen LogP contribution is 2.26. The Morgan fingerprint density at radius 2 is 1.68 bits per heavy atom. The first-order valence-corrected chi connectivity index (χ1v) is 9.91. The molecule has 156 valence electrons. The molecule has 4 aromatic rings. The molecule has 6 nitrogen and oxygen atoms in total. The molecule has 0 bridgehead atoms. The number of amides is 1. The summed E-state index contributed by atoms with van der Waals surface area (Å²) >= 11 is 0. The summed E-state index contributed by atoms with van der Waals surface area (Å²) in [6.07, 6.45) is 1.37. The van der Waals surface area contributed by atoms with Crippen molar-refractivity contribution in [3.05, 3.63) is 96.2 Å². The number of aromatic nitrogens is 2. The van der Waals surface area contributed by atoms with E-state index in [0.29, 0.717) is 5.69 Å². The van der Waals surface area contributed by atoms with Crippen LogP contribution in [0.5, 0.6) is 5.75 Å². The molecule has 1 amide bonds. The van der Waals surface area contributed by atoms with Gasteiger partial charge in [0.25, 0.3) is 0 Å². The van der Waals surface area contributed by atoms with Crippen LogP contribution in [-0.4, -0.2) is 23.0 Å². The third kappa shape index (κ3) is 4.93. The Morgan fingerprint density at radius 1 is 0.968 bits per heavy atom. The highest BCUT2D eigenvalue weighted by molar-refractivity contribution is 5.84. The number of benzene rings is 3. The van der Waals surface area contributed by atoms with Crippen molar-refractivity contribution in [3.63, 3.8) is 0 Å². The average molecular weight is 413 g/mol. The number of nitrogens with one attached hydrogen (secondary N) is 1. The Morgan fingerprint density at radius 3 is 2.35 bits per heavy atom. The Kier molecular flexibility index (Phi) is 5.98. The van der Waals surface area contributed by atoms with Crippen molar-refractivity contribution in [1.29, 1.82) is 0 Å². The molecule has 3 aromatic carbocycles. The zero-order valence-electron chi connectivity index (χ0n) is 17.4. The van der Waals surface area contributed by atoms with Crippen molar-refractivity contribution in [3.8, 4) is 22.7 Å². The molecule has 0 fully saturated rings. The van der Waals surface area contributed by atoms with Gasteiger partial charge in [0.2, 0.25) is 0 Å². The van der Waals surface area contributed by atoms with Crippen LogP contribution in [0, 0.1) is 6.92 Å². The van der Waals surface area contributed by atoms with E-state index >= 15 is 0 Å². The van der Waals surface area contributed by atoms with Gasteiger partial charge in [0.1, 0.15) is 12.4 Å². The Hall–Kier alpha value is -4.06. The lowest BCUT2D eigenvalue weighted by atomic mass is 10.1. The summed E-state index contributed by atoms with van der Waals surface area (Å²) in [6.45, 7) is 2.08. The van der Waals surface area contributed by atoms with Crippen molar-refractivity contribution >= 4 is 11.8 Å². The molecule has 0 saturated carbocycles. The third-order valence-corrected chi connectivity index (χ3v) is 4.83. The molecule has 31 heavy (non-hydrogen) atoms. The predicted octanol–water partition coefficient (Wildman–Crippen LogP) is 5.61. The minimum Gasteiger partial charge on any atom is -0.497 e. The number of rotatable bonds is 6. The highest BCUT2D eigenvalue weighted by atomic mass is 16.5. The van der Waals surface area contributed by atoms with E-state index in [2.05, 4.69) is 5.32 Å². The number of hydrogen-bond acceptors (Lipinski definition) is 4. The minimum absolute atomic E-state index is 0.0892. The van der Waals surface area contributed by atoms with Crippen LogP contribution in [-0.2, 0) is 11.3 Å². The van der Waals surface area contributed by atoms with Gasteiger partial charge in [0.05, 0.1) is 18.5 Å². The van der Waals surface area contributed by atoms with Crippen molar-refractivity contribution < 1.29 is 14.3 Å². The molecule has 1 N–H and O–H groups in total. The standard InChI is InChI=1S/C25H23N3O3/c1-18-8-12-21(13-9-18)26-25(29)31-17-20-16-28(22-6-4-3-5-7-22)27-24(20)19-10-14-23(30-2)15-11-19/h3-16H,17H2,1-2H3,(H,26,29). The van der Waals surface area contributed by atoms with Crippen LogP contribution in [0.3, 0.4) is 0 Å². The van der Waals surface area contributed by atoms with Crippen LogP contribution in [0.2, 0.25) is 0 Å². The fourth-order valence-corrected chi connectivity index (χ4v) is 3.15. The summed E-state index contributed by atoms with van der Waals surface area (Å²) in [6, 6.07) is 25.0. The molecular weight excluding hydrogens is 390 g/mol. The topological polar surface area (TPSA) is 65.4 Å². The normalized spacial score (nSPS) is 10.5. The highest BCUT2D eigenvalue weighted by Gasteiger charge is 2.15. The van der Waals surface area contributed by atoms with Gasteiger partial charge in [-0.3, -0.25) is 5.32 Å². The number of carbonyl (C=O) groups excluding carboxylic acids is 1. The predicted molar refractivity (Wildman–Crippen MR) is 121 cm³/mol. The van der Waals surface area contributed by atoms with E-state index in [4.69, 9.17) is 14.6 Å². The first-order valence-electron chi connectivity index (χ1n) is 9.91. The van der Waals surface area contributed by atoms with E-state index in [9.17, 15) is 4.79 Å².